The number of benzene rings is 2. The minimum atomic E-state index is -4.45. The van der Waals surface area contributed by atoms with Gasteiger partial charge in [-0.15, -0.1) is 0 Å². The highest BCUT2D eigenvalue weighted by Crippen LogP contribution is 2.36. The van der Waals surface area contributed by atoms with E-state index in [2.05, 4.69) is 15.0 Å². The third-order valence-corrected chi connectivity index (χ3v) is 4.26. The molecule has 4 rings (SSSR count). The maximum absolute atomic E-state index is 13.2. The molecule has 4 aromatic rings. The molecule has 2 aromatic heterocycles. The first-order valence-electron chi connectivity index (χ1n) is 8.39. The summed E-state index contributed by atoms with van der Waals surface area (Å²) in [6.07, 6.45) is -1.25. The van der Waals surface area contributed by atoms with Crippen molar-refractivity contribution >= 4 is 0 Å². The highest BCUT2D eigenvalue weighted by atomic mass is 19.4. The van der Waals surface area contributed by atoms with Crippen molar-refractivity contribution < 1.29 is 18.3 Å². The number of hydrogen-bond donors (Lipinski definition) is 2. The number of nitrogens with one attached hydrogen (secondary N) is 1. The van der Waals surface area contributed by atoms with Gasteiger partial charge in [0.15, 0.2) is 0 Å². The average Bonchev–Trinajstić information content (AvgIpc) is 3.14. The molecule has 0 saturated carbocycles. The maximum atomic E-state index is 13.2. The van der Waals surface area contributed by atoms with Gasteiger partial charge in [-0.1, -0.05) is 24.3 Å². The zero-order chi connectivity index (χ0) is 19.7. The molecule has 0 fully saturated rings. The molecule has 2 N–H and O–H groups in total. The van der Waals surface area contributed by atoms with Crippen LogP contribution in [-0.2, 0) is 6.18 Å². The lowest BCUT2D eigenvalue weighted by atomic mass is 10.0. The zero-order valence-electron chi connectivity index (χ0n) is 14.4. The van der Waals surface area contributed by atoms with Gasteiger partial charge in [0.2, 0.25) is 0 Å². The van der Waals surface area contributed by atoms with Gasteiger partial charge in [-0.2, -0.15) is 13.2 Å². The van der Waals surface area contributed by atoms with E-state index in [9.17, 15) is 18.3 Å². The Bertz CT molecular complexity index is 1120. The lowest BCUT2D eigenvalue weighted by molar-refractivity contribution is -0.137. The van der Waals surface area contributed by atoms with Gasteiger partial charge in [0.05, 0.1) is 17.0 Å². The molecule has 0 atom stereocenters. The molecule has 0 aliphatic carbocycles. The number of H-pyrrole nitrogens is 1. The van der Waals surface area contributed by atoms with E-state index in [1.54, 1.807) is 42.7 Å². The first-order chi connectivity index (χ1) is 13.4. The smallest absolute Gasteiger partial charge is 0.416 e. The molecule has 0 saturated heterocycles. The number of hydrogen-bond acceptors (Lipinski definition) is 3. The van der Waals surface area contributed by atoms with Crippen molar-refractivity contribution in [3.05, 3.63) is 78.6 Å². The van der Waals surface area contributed by atoms with Crippen molar-refractivity contribution in [1.29, 1.82) is 0 Å². The molecule has 0 spiro atoms. The van der Waals surface area contributed by atoms with E-state index in [0.29, 0.717) is 28.3 Å². The Morgan fingerprint density at radius 1 is 0.821 bits per heavy atom. The number of nitrogens with zero attached hydrogens (tertiary/aromatic N) is 2. The Balaban J connectivity index is 1.91. The first-order valence-corrected chi connectivity index (χ1v) is 8.39. The van der Waals surface area contributed by atoms with Crippen LogP contribution in [0.3, 0.4) is 0 Å². The van der Waals surface area contributed by atoms with Crippen molar-refractivity contribution in [2.24, 2.45) is 0 Å². The van der Waals surface area contributed by atoms with Gasteiger partial charge in [0.25, 0.3) is 0 Å². The molecular formula is C21H14F3N3O. The van der Waals surface area contributed by atoms with Crippen LogP contribution in [0.5, 0.6) is 5.75 Å². The van der Waals surface area contributed by atoms with E-state index < -0.39 is 11.7 Å². The first kappa shape index (κ1) is 17.8. The van der Waals surface area contributed by atoms with Gasteiger partial charge in [0, 0.05) is 29.1 Å². The summed E-state index contributed by atoms with van der Waals surface area (Å²) in [5.41, 5.74) is 1.91. The molecule has 0 bridgehead atoms. The van der Waals surface area contributed by atoms with E-state index in [4.69, 9.17) is 0 Å². The van der Waals surface area contributed by atoms with Gasteiger partial charge in [0.1, 0.15) is 11.6 Å². The van der Waals surface area contributed by atoms with Crippen LogP contribution in [0.2, 0.25) is 0 Å². The topological polar surface area (TPSA) is 61.8 Å². The highest BCUT2D eigenvalue weighted by molar-refractivity contribution is 5.81. The predicted molar refractivity (Wildman–Crippen MR) is 99.4 cm³/mol. The number of imidazole rings is 1. The van der Waals surface area contributed by atoms with E-state index in [1.165, 1.54) is 18.2 Å². The third-order valence-electron chi connectivity index (χ3n) is 4.26. The zero-order valence-corrected chi connectivity index (χ0v) is 14.4. The normalized spacial score (nSPS) is 11.5. The number of aromatic hydroxyl groups is 1. The number of aromatic amines is 1. The monoisotopic (exact) mass is 381 g/mol. The van der Waals surface area contributed by atoms with Gasteiger partial charge in [-0.05, 0) is 36.4 Å². The molecule has 4 nitrogen and oxygen atoms in total. The van der Waals surface area contributed by atoms with E-state index in [-0.39, 0.29) is 5.75 Å². The van der Waals surface area contributed by atoms with Crippen LogP contribution in [-0.4, -0.2) is 20.1 Å². The number of rotatable bonds is 3. The standard InChI is InChI=1S/C21H14F3N3O/c22-21(23,24)16-5-1-3-14(11-16)19-18(13-7-9-25-10-8-13)26-20(27-19)15-4-2-6-17(28)12-15/h1-12,28H,(H,26,27). The molecule has 28 heavy (non-hydrogen) atoms. The number of aromatic nitrogens is 3. The maximum Gasteiger partial charge on any atom is 0.416 e. The van der Waals surface area contributed by atoms with Crippen LogP contribution in [0, 0.1) is 0 Å². The van der Waals surface area contributed by atoms with Crippen LogP contribution >= 0.6 is 0 Å². The minimum absolute atomic E-state index is 0.0694. The minimum Gasteiger partial charge on any atom is -0.508 e. The van der Waals surface area contributed by atoms with Gasteiger partial charge >= 0.3 is 6.18 Å². The van der Waals surface area contributed by atoms with Crippen molar-refractivity contribution in [1.82, 2.24) is 15.0 Å². The second-order valence-corrected chi connectivity index (χ2v) is 6.17. The summed E-state index contributed by atoms with van der Waals surface area (Å²) in [5.74, 6) is 0.509. The number of pyridine rings is 1. The summed E-state index contributed by atoms with van der Waals surface area (Å²) < 4.78 is 39.5. The predicted octanol–water partition coefficient (Wildman–Crippen LogP) is 5.53. The van der Waals surface area contributed by atoms with Crippen LogP contribution in [0.25, 0.3) is 33.9 Å². The summed E-state index contributed by atoms with van der Waals surface area (Å²) in [5, 5.41) is 9.74. The molecule has 0 radical (unpaired) electrons. The number of phenols is 1. The van der Waals surface area contributed by atoms with Gasteiger partial charge in [-0.25, -0.2) is 4.98 Å². The van der Waals surface area contributed by atoms with Crippen molar-refractivity contribution in [2.45, 2.75) is 6.18 Å². The van der Waals surface area contributed by atoms with Crippen molar-refractivity contribution in [3.63, 3.8) is 0 Å². The van der Waals surface area contributed by atoms with Crippen LogP contribution in [0.4, 0.5) is 13.2 Å². The summed E-state index contributed by atoms with van der Waals surface area (Å²) in [6, 6.07) is 15.0. The molecule has 140 valence electrons. The SMILES string of the molecule is Oc1cccc(-c2nc(-c3cccc(C(F)(F)F)c3)c(-c3ccncc3)[nH]2)c1. The number of halogens is 3. The molecule has 0 aliphatic rings. The largest absolute Gasteiger partial charge is 0.508 e. The van der Waals surface area contributed by atoms with Crippen LogP contribution < -0.4 is 0 Å². The summed E-state index contributed by atoms with van der Waals surface area (Å²) in [4.78, 5) is 11.7. The second-order valence-electron chi connectivity index (χ2n) is 6.17. The lowest BCUT2D eigenvalue weighted by Gasteiger charge is -2.08. The fraction of sp³-hybridized carbons (Fsp3) is 0.0476. The number of alkyl halides is 3. The molecular weight excluding hydrogens is 367 g/mol. The molecule has 0 amide bonds. The second kappa shape index (κ2) is 6.84. The van der Waals surface area contributed by atoms with E-state index in [1.807, 2.05) is 0 Å². The van der Waals surface area contributed by atoms with E-state index >= 15 is 0 Å². The average molecular weight is 381 g/mol. The Kier molecular flexibility index (Phi) is 4.35. The van der Waals surface area contributed by atoms with Crippen LogP contribution in [0.15, 0.2) is 73.1 Å². The Labute approximate surface area is 158 Å². The highest BCUT2D eigenvalue weighted by Gasteiger charge is 2.31. The third kappa shape index (κ3) is 3.46. The van der Waals surface area contributed by atoms with Crippen molar-refractivity contribution in [2.75, 3.05) is 0 Å². The fourth-order valence-corrected chi connectivity index (χ4v) is 2.94. The molecule has 0 unspecified atom stereocenters. The molecule has 0 aliphatic heterocycles. The Morgan fingerprint density at radius 3 is 2.25 bits per heavy atom. The van der Waals surface area contributed by atoms with Gasteiger partial charge in [-0.3, -0.25) is 4.98 Å². The molecule has 7 heteroatoms. The van der Waals surface area contributed by atoms with Gasteiger partial charge < -0.3 is 10.1 Å². The summed E-state index contributed by atoms with van der Waals surface area (Å²) >= 11 is 0. The van der Waals surface area contributed by atoms with Crippen LogP contribution in [0.1, 0.15) is 5.56 Å². The Morgan fingerprint density at radius 2 is 1.54 bits per heavy atom. The quantitative estimate of drug-likeness (QED) is 0.490. The molecule has 2 heterocycles. The van der Waals surface area contributed by atoms with E-state index in [0.717, 1.165) is 17.7 Å². The van der Waals surface area contributed by atoms with Crippen molar-refractivity contribution in [3.8, 4) is 39.7 Å². The summed E-state index contributed by atoms with van der Waals surface area (Å²) in [7, 11) is 0. The molecule has 2 aromatic carbocycles. The Hall–Kier alpha value is -3.61. The number of phenolic OH excluding ortho intramolecular Hbond substituents is 1. The summed E-state index contributed by atoms with van der Waals surface area (Å²) in [6.45, 7) is 0. The lowest BCUT2D eigenvalue weighted by Crippen LogP contribution is -2.04. The fourth-order valence-electron chi connectivity index (χ4n) is 2.94.